The lowest BCUT2D eigenvalue weighted by atomic mass is 10.1. The van der Waals surface area contributed by atoms with Gasteiger partial charge in [-0.05, 0) is 48.2 Å². The van der Waals surface area contributed by atoms with E-state index in [9.17, 15) is 13.2 Å². The number of para-hydroxylation sites is 2. The van der Waals surface area contributed by atoms with Crippen molar-refractivity contribution >= 4 is 38.6 Å². The first-order valence-electron chi connectivity index (χ1n) is 8.40. The van der Waals surface area contributed by atoms with Crippen molar-refractivity contribution in [2.24, 2.45) is 0 Å². The van der Waals surface area contributed by atoms with Crippen LogP contribution < -0.4 is 14.4 Å². The van der Waals surface area contributed by atoms with Gasteiger partial charge in [0.25, 0.3) is 15.9 Å². The summed E-state index contributed by atoms with van der Waals surface area (Å²) in [5.41, 5.74) is 2.08. The molecular weight excluding hydrogens is 396 g/mol. The smallest absolute Gasteiger partial charge is 0.264 e. The van der Waals surface area contributed by atoms with E-state index in [4.69, 9.17) is 4.74 Å². The first-order chi connectivity index (χ1) is 13.3. The number of anilines is 2. The molecule has 6 nitrogen and oxygen atoms in total. The zero-order chi connectivity index (χ0) is 20.3. The van der Waals surface area contributed by atoms with Gasteiger partial charge in [0.15, 0.2) is 0 Å². The van der Waals surface area contributed by atoms with Crippen molar-refractivity contribution in [1.82, 2.24) is 0 Å². The monoisotopic (exact) mass is 416 g/mol. The van der Waals surface area contributed by atoms with Crippen molar-refractivity contribution in [3.8, 4) is 5.75 Å². The number of thiophene rings is 1. The van der Waals surface area contributed by atoms with E-state index in [2.05, 4.69) is 5.32 Å². The molecular formula is C20H20N2O4S2. The number of ether oxygens (including phenoxy) is 1. The van der Waals surface area contributed by atoms with Gasteiger partial charge < -0.3 is 10.1 Å². The minimum absolute atomic E-state index is 0.0296. The van der Waals surface area contributed by atoms with Gasteiger partial charge in [-0.2, -0.15) is 11.3 Å². The Morgan fingerprint density at radius 1 is 1.14 bits per heavy atom. The first kappa shape index (κ1) is 19.9. The van der Waals surface area contributed by atoms with Crippen LogP contribution in [0.5, 0.6) is 5.75 Å². The van der Waals surface area contributed by atoms with Gasteiger partial charge >= 0.3 is 0 Å². The molecule has 0 aliphatic heterocycles. The van der Waals surface area contributed by atoms with E-state index in [0.717, 1.165) is 4.31 Å². The number of methoxy groups -OCH3 is 1. The third-order valence-corrected chi connectivity index (χ3v) is 6.77. The predicted octanol–water partition coefficient (Wildman–Crippen LogP) is 4.14. The van der Waals surface area contributed by atoms with Crippen LogP contribution in [0.1, 0.15) is 15.9 Å². The second-order valence-electron chi connectivity index (χ2n) is 6.09. The van der Waals surface area contributed by atoms with Crippen LogP contribution in [0.15, 0.2) is 64.2 Å². The summed E-state index contributed by atoms with van der Waals surface area (Å²) in [6, 6.07) is 13.2. The highest BCUT2D eigenvalue weighted by atomic mass is 32.2. The molecule has 146 valence electrons. The number of aryl methyl sites for hydroxylation is 1. The summed E-state index contributed by atoms with van der Waals surface area (Å²) in [5.74, 6) is 0.0870. The molecule has 0 bridgehead atoms. The number of nitrogens with zero attached hydrogens (tertiary/aromatic N) is 1. The van der Waals surface area contributed by atoms with Crippen LogP contribution in [0.4, 0.5) is 11.4 Å². The van der Waals surface area contributed by atoms with Crippen molar-refractivity contribution in [3.05, 3.63) is 70.4 Å². The number of nitrogens with one attached hydrogen (secondary N) is 1. The van der Waals surface area contributed by atoms with Gasteiger partial charge in [-0.15, -0.1) is 0 Å². The Morgan fingerprint density at radius 3 is 2.57 bits per heavy atom. The zero-order valence-corrected chi connectivity index (χ0v) is 17.3. The second-order valence-corrected chi connectivity index (χ2v) is 8.84. The van der Waals surface area contributed by atoms with Gasteiger partial charge in [0, 0.05) is 18.0 Å². The fourth-order valence-electron chi connectivity index (χ4n) is 2.72. The van der Waals surface area contributed by atoms with E-state index < -0.39 is 10.0 Å². The molecule has 0 saturated heterocycles. The third kappa shape index (κ3) is 3.88. The summed E-state index contributed by atoms with van der Waals surface area (Å²) >= 11 is 1.46. The molecule has 1 N–H and O–H groups in total. The lowest BCUT2D eigenvalue weighted by molar-refractivity contribution is 0.102. The number of hydrogen-bond acceptors (Lipinski definition) is 5. The van der Waals surface area contributed by atoms with Crippen molar-refractivity contribution < 1.29 is 17.9 Å². The van der Waals surface area contributed by atoms with Gasteiger partial charge in [0.2, 0.25) is 0 Å². The van der Waals surface area contributed by atoms with Crippen LogP contribution >= 0.6 is 11.3 Å². The highest BCUT2D eigenvalue weighted by Crippen LogP contribution is 2.31. The van der Waals surface area contributed by atoms with E-state index >= 15 is 0 Å². The van der Waals surface area contributed by atoms with Crippen LogP contribution in [0.3, 0.4) is 0 Å². The van der Waals surface area contributed by atoms with Gasteiger partial charge in [-0.1, -0.05) is 18.2 Å². The van der Waals surface area contributed by atoms with Gasteiger partial charge in [0.1, 0.15) is 5.75 Å². The van der Waals surface area contributed by atoms with Crippen LogP contribution in [0, 0.1) is 6.92 Å². The molecule has 0 fully saturated rings. The molecule has 3 rings (SSSR count). The molecule has 0 radical (unpaired) electrons. The molecule has 1 amide bonds. The number of carbonyl (C=O) groups is 1. The van der Waals surface area contributed by atoms with Crippen molar-refractivity contribution in [1.29, 1.82) is 0 Å². The van der Waals surface area contributed by atoms with Crippen LogP contribution in [-0.4, -0.2) is 28.5 Å². The van der Waals surface area contributed by atoms with E-state index in [1.807, 2.05) is 10.8 Å². The summed E-state index contributed by atoms with van der Waals surface area (Å²) in [7, 11) is -0.943. The Balaban J connectivity index is 1.97. The molecule has 0 aliphatic rings. The molecule has 0 unspecified atom stereocenters. The molecule has 0 atom stereocenters. The summed E-state index contributed by atoms with van der Waals surface area (Å²) < 4.78 is 32.7. The standard InChI is InChI=1S/C20H20N2O4S2/c1-14-8-9-16(12-17(14)20(23)21-15-10-11-27-13-15)28(24,25)22(2)18-6-4-5-7-19(18)26-3/h4-13H,1-3H3,(H,21,23). The number of rotatable bonds is 6. The topological polar surface area (TPSA) is 75.7 Å². The fraction of sp³-hybridized carbons (Fsp3) is 0.150. The molecule has 3 aromatic rings. The Hall–Kier alpha value is -2.84. The number of benzene rings is 2. The summed E-state index contributed by atoms with van der Waals surface area (Å²) in [5, 5.41) is 6.44. The minimum atomic E-state index is -3.88. The molecule has 8 heteroatoms. The maximum atomic E-state index is 13.1. The number of amides is 1. The molecule has 1 aromatic heterocycles. The lowest BCUT2D eigenvalue weighted by Gasteiger charge is -2.22. The molecule has 28 heavy (non-hydrogen) atoms. The number of sulfonamides is 1. The minimum Gasteiger partial charge on any atom is -0.495 e. The molecule has 0 aliphatic carbocycles. The largest absolute Gasteiger partial charge is 0.495 e. The summed E-state index contributed by atoms with van der Waals surface area (Å²) in [6.45, 7) is 1.77. The van der Waals surface area contributed by atoms with Gasteiger partial charge in [0.05, 0.1) is 23.4 Å². The van der Waals surface area contributed by atoms with Crippen molar-refractivity contribution in [2.45, 2.75) is 11.8 Å². The predicted molar refractivity (Wildman–Crippen MR) is 112 cm³/mol. The number of carbonyl (C=O) groups excluding carboxylic acids is 1. The fourth-order valence-corrected chi connectivity index (χ4v) is 4.54. The van der Waals surface area contributed by atoms with Crippen LogP contribution in [0.2, 0.25) is 0 Å². The van der Waals surface area contributed by atoms with E-state index in [1.165, 1.54) is 37.6 Å². The normalized spacial score (nSPS) is 11.1. The summed E-state index contributed by atoms with van der Waals surface area (Å²) in [6.07, 6.45) is 0. The first-order valence-corrected chi connectivity index (χ1v) is 10.8. The van der Waals surface area contributed by atoms with Gasteiger partial charge in [-0.3, -0.25) is 9.10 Å². The maximum absolute atomic E-state index is 13.1. The van der Waals surface area contributed by atoms with Crippen molar-refractivity contribution in [2.75, 3.05) is 23.8 Å². The highest BCUT2D eigenvalue weighted by molar-refractivity contribution is 7.92. The maximum Gasteiger partial charge on any atom is 0.264 e. The van der Waals surface area contributed by atoms with Crippen LogP contribution in [-0.2, 0) is 10.0 Å². The van der Waals surface area contributed by atoms with E-state index in [-0.39, 0.29) is 10.8 Å². The highest BCUT2D eigenvalue weighted by Gasteiger charge is 2.25. The average molecular weight is 417 g/mol. The molecule has 2 aromatic carbocycles. The Morgan fingerprint density at radius 2 is 1.89 bits per heavy atom. The lowest BCUT2D eigenvalue weighted by Crippen LogP contribution is -2.27. The Labute approximate surface area is 168 Å². The van der Waals surface area contributed by atoms with E-state index in [1.54, 1.807) is 43.3 Å². The SMILES string of the molecule is COc1ccccc1N(C)S(=O)(=O)c1ccc(C)c(C(=O)Nc2ccsc2)c1. The summed E-state index contributed by atoms with van der Waals surface area (Å²) in [4.78, 5) is 12.6. The number of hydrogen-bond donors (Lipinski definition) is 1. The van der Waals surface area contributed by atoms with E-state index in [0.29, 0.717) is 28.3 Å². The average Bonchev–Trinajstić information content (AvgIpc) is 3.20. The molecule has 0 spiro atoms. The van der Waals surface area contributed by atoms with Crippen molar-refractivity contribution in [3.63, 3.8) is 0 Å². The Kier molecular flexibility index (Phi) is 5.71. The quantitative estimate of drug-likeness (QED) is 0.655. The second kappa shape index (κ2) is 8.04. The van der Waals surface area contributed by atoms with Gasteiger partial charge in [-0.25, -0.2) is 8.42 Å². The Bertz CT molecular complexity index is 1090. The molecule has 0 saturated carbocycles. The van der Waals surface area contributed by atoms with Crippen LogP contribution in [0.25, 0.3) is 0 Å². The molecule has 1 heterocycles. The third-order valence-electron chi connectivity index (χ3n) is 4.32. The zero-order valence-electron chi connectivity index (χ0n) is 15.7.